The maximum absolute atomic E-state index is 12.5. The Balaban J connectivity index is 1.41. The Morgan fingerprint density at radius 1 is 1.21 bits per heavy atom. The van der Waals surface area contributed by atoms with Crippen molar-refractivity contribution < 1.29 is 9.53 Å². The zero-order chi connectivity index (χ0) is 19.5. The van der Waals surface area contributed by atoms with Crippen molar-refractivity contribution in [3.8, 4) is 17.1 Å². The quantitative estimate of drug-likeness (QED) is 0.630. The van der Waals surface area contributed by atoms with Gasteiger partial charge in [-0.05, 0) is 61.2 Å². The number of benzene rings is 2. The van der Waals surface area contributed by atoms with Crippen LogP contribution in [0.25, 0.3) is 11.4 Å². The van der Waals surface area contributed by atoms with Crippen molar-refractivity contribution in [3.63, 3.8) is 0 Å². The molecule has 0 unspecified atom stereocenters. The molecule has 1 heterocycles. The maximum Gasteiger partial charge on any atom is 0.255 e. The van der Waals surface area contributed by atoms with Gasteiger partial charge in [-0.1, -0.05) is 19.9 Å². The van der Waals surface area contributed by atoms with Gasteiger partial charge in [-0.2, -0.15) is 5.10 Å². The van der Waals surface area contributed by atoms with Gasteiger partial charge < -0.3 is 10.1 Å². The Morgan fingerprint density at radius 2 is 2.00 bits per heavy atom. The van der Waals surface area contributed by atoms with Gasteiger partial charge in [-0.3, -0.25) is 9.89 Å². The third-order valence-electron chi connectivity index (χ3n) is 4.55. The second-order valence-electron chi connectivity index (χ2n) is 7.58. The van der Waals surface area contributed by atoms with E-state index in [2.05, 4.69) is 34.3 Å². The highest BCUT2D eigenvalue weighted by Crippen LogP contribution is 2.38. The molecule has 28 heavy (non-hydrogen) atoms. The van der Waals surface area contributed by atoms with E-state index in [4.69, 9.17) is 4.74 Å². The van der Waals surface area contributed by atoms with Crippen LogP contribution < -0.4 is 10.1 Å². The first-order valence-electron chi connectivity index (χ1n) is 9.65. The van der Waals surface area contributed by atoms with Gasteiger partial charge >= 0.3 is 0 Å². The number of nitrogens with zero attached hydrogens (tertiary/aromatic N) is 2. The van der Waals surface area contributed by atoms with Gasteiger partial charge in [-0.25, -0.2) is 4.98 Å². The van der Waals surface area contributed by atoms with Crippen molar-refractivity contribution in [1.29, 1.82) is 0 Å². The molecule has 0 spiro atoms. The maximum atomic E-state index is 12.5. The van der Waals surface area contributed by atoms with Gasteiger partial charge in [0.05, 0.1) is 6.61 Å². The van der Waals surface area contributed by atoms with Crippen LogP contribution in [-0.4, -0.2) is 27.7 Å². The number of anilines is 1. The fourth-order valence-electron chi connectivity index (χ4n) is 2.84. The number of hydrogen-bond donors (Lipinski definition) is 2. The second-order valence-corrected chi connectivity index (χ2v) is 7.58. The lowest BCUT2D eigenvalue weighted by Crippen LogP contribution is -2.12. The Labute approximate surface area is 164 Å². The average molecular weight is 376 g/mol. The van der Waals surface area contributed by atoms with Gasteiger partial charge in [0, 0.05) is 22.7 Å². The molecule has 0 radical (unpaired) electrons. The summed E-state index contributed by atoms with van der Waals surface area (Å²) in [6.07, 6.45) is 2.37. The molecular formula is C22H24N4O2. The number of amides is 1. The van der Waals surface area contributed by atoms with Crippen LogP contribution in [0.5, 0.6) is 5.75 Å². The molecule has 144 valence electrons. The van der Waals surface area contributed by atoms with E-state index in [1.807, 2.05) is 36.4 Å². The van der Waals surface area contributed by atoms with E-state index in [-0.39, 0.29) is 5.91 Å². The second kappa shape index (κ2) is 7.84. The van der Waals surface area contributed by atoms with Crippen LogP contribution in [0.4, 0.5) is 5.69 Å². The molecular weight excluding hydrogens is 352 g/mol. The predicted molar refractivity (Wildman–Crippen MR) is 109 cm³/mol. The lowest BCUT2D eigenvalue weighted by molar-refractivity contribution is 0.102. The van der Waals surface area contributed by atoms with Crippen LogP contribution in [0.2, 0.25) is 0 Å². The molecule has 1 amide bonds. The summed E-state index contributed by atoms with van der Waals surface area (Å²) in [6.45, 7) is 4.80. The third-order valence-corrected chi connectivity index (χ3v) is 4.55. The average Bonchev–Trinajstić information content (AvgIpc) is 3.44. The minimum absolute atomic E-state index is 0.170. The topological polar surface area (TPSA) is 79.9 Å². The number of aromatic nitrogens is 3. The van der Waals surface area contributed by atoms with E-state index in [0.29, 0.717) is 35.6 Å². The largest absolute Gasteiger partial charge is 0.493 e. The Morgan fingerprint density at radius 3 is 2.71 bits per heavy atom. The molecule has 4 rings (SSSR count). The lowest BCUT2D eigenvalue weighted by atomic mass is 10.1. The summed E-state index contributed by atoms with van der Waals surface area (Å²) in [6, 6.07) is 14.8. The molecule has 1 aromatic heterocycles. The van der Waals surface area contributed by atoms with Crippen LogP contribution in [-0.2, 0) is 0 Å². The molecule has 0 aliphatic heterocycles. The predicted octanol–water partition coefficient (Wildman–Crippen LogP) is 4.64. The smallest absolute Gasteiger partial charge is 0.255 e. The fourth-order valence-corrected chi connectivity index (χ4v) is 2.84. The van der Waals surface area contributed by atoms with E-state index >= 15 is 0 Å². The number of hydrogen-bond acceptors (Lipinski definition) is 4. The zero-order valence-electron chi connectivity index (χ0n) is 16.1. The minimum Gasteiger partial charge on any atom is -0.493 e. The number of aromatic amines is 1. The molecule has 2 aromatic carbocycles. The summed E-state index contributed by atoms with van der Waals surface area (Å²) in [4.78, 5) is 17.1. The minimum atomic E-state index is -0.170. The summed E-state index contributed by atoms with van der Waals surface area (Å²) in [5.41, 5.74) is 2.21. The van der Waals surface area contributed by atoms with E-state index in [9.17, 15) is 4.79 Å². The van der Waals surface area contributed by atoms with Gasteiger partial charge in [-0.15, -0.1) is 0 Å². The molecule has 0 saturated heterocycles. The molecule has 1 fully saturated rings. The molecule has 0 bridgehead atoms. The third kappa shape index (κ3) is 4.39. The van der Waals surface area contributed by atoms with Crippen molar-refractivity contribution in [2.75, 3.05) is 11.9 Å². The number of carbonyl (C=O) groups excluding carboxylic acids is 1. The normalized spacial score (nSPS) is 13.5. The summed E-state index contributed by atoms with van der Waals surface area (Å²) < 4.78 is 5.70. The summed E-state index contributed by atoms with van der Waals surface area (Å²) in [5, 5.41) is 10.2. The zero-order valence-corrected chi connectivity index (χ0v) is 16.1. The van der Waals surface area contributed by atoms with E-state index in [0.717, 1.165) is 17.1 Å². The molecule has 1 aliphatic rings. The molecule has 3 aromatic rings. The van der Waals surface area contributed by atoms with Crippen LogP contribution in [0.1, 0.15) is 48.8 Å². The standard InChI is InChI=1S/C22H24N4O2/c1-14(2)13-28-19-5-3-4-17(12-19)22(27)23-18-10-8-16(9-11-18)21-24-20(25-26-21)15-6-7-15/h3-5,8-12,14-15H,6-7,13H2,1-2H3,(H,23,27)(H,24,25,26). The van der Waals surface area contributed by atoms with Gasteiger partial charge in [0.25, 0.3) is 5.91 Å². The summed E-state index contributed by atoms with van der Waals surface area (Å²) >= 11 is 0. The Hall–Kier alpha value is -3.15. The van der Waals surface area contributed by atoms with Crippen LogP contribution in [0.15, 0.2) is 48.5 Å². The fraction of sp³-hybridized carbons (Fsp3) is 0.318. The molecule has 2 N–H and O–H groups in total. The number of carbonyl (C=O) groups is 1. The molecule has 6 heteroatoms. The number of rotatable bonds is 7. The Kier molecular flexibility index (Phi) is 5.10. The van der Waals surface area contributed by atoms with Crippen LogP contribution >= 0.6 is 0 Å². The highest BCUT2D eigenvalue weighted by Gasteiger charge is 2.27. The van der Waals surface area contributed by atoms with Crippen molar-refractivity contribution >= 4 is 11.6 Å². The molecule has 0 atom stereocenters. The van der Waals surface area contributed by atoms with Crippen molar-refractivity contribution in [2.45, 2.75) is 32.6 Å². The number of H-pyrrole nitrogens is 1. The Bertz CT molecular complexity index is 959. The first-order chi connectivity index (χ1) is 13.6. The van der Waals surface area contributed by atoms with Crippen molar-refractivity contribution in [3.05, 3.63) is 59.9 Å². The summed E-state index contributed by atoms with van der Waals surface area (Å²) in [5.74, 6) is 3.16. The molecule has 1 saturated carbocycles. The van der Waals surface area contributed by atoms with E-state index in [1.54, 1.807) is 12.1 Å². The van der Waals surface area contributed by atoms with Crippen LogP contribution in [0.3, 0.4) is 0 Å². The van der Waals surface area contributed by atoms with E-state index < -0.39 is 0 Å². The van der Waals surface area contributed by atoms with E-state index in [1.165, 1.54) is 12.8 Å². The van der Waals surface area contributed by atoms with Crippen LogP contribution in [0, 0.1) is 5.92 Å². The molecule has 6 nitrogen and oxygen atoms in total. The highest BCUT2D eigenvalue weighted by atomic mass is 16.5. The SMILES string of the molecule is CC(C)COc1cccc(C(=O)Nc2ccc(-c3n[nH]c(C4CC4)n3)cc2)c1. The van der Waals surface area contributed by atoms with Gasteiger partial charge in [0.2, 0.25) is 0 Å². The van der Waals surface area contributed by atoms with Crippen molar-refractivity contribution in [1.82, 2.24) is 15.2 Å². The number of ether oxygens (including phenoxy) is 1. The highest BCUT2D eigenvalue weighted by molar-refractivity contribution is 6.04. The number of nitrogens with one attached hydrogen (secondary N) is 2. The first kappa shape index (κ1) is 18.2. The molecule has 1 aliphatic carbocycles. The monoisotopic (exact) mass is 376 g/mol. The van der Waals surface area contributed by atoms with Gasteiger partial charge in [0.1, 0.15) is 11.6 Å². The first-order valence-corrected chi connectivity index (χ1v) is 9.65. The van der Waals surface area contributed by atoms with Crippen molar-refractivity contribution in [2.24, 2.45) is 5.92 Å². The van der Waals surface area contributed by atoms with Gasteiger partial charge in [0.15, 0.2) is 5.82 Å². The summed E-state index contributed by atoms with van der Waals surface area (Å²) in [7, 11) is 0. The lowest BCUT2D eigenvalue weighted by Gasteiger charge is -2.10.